The third-order valence-electron chi connectivity index (χ3n) is 5.16. The first-order chi connectivity index (χ1) is 13.7. The summed E-state index contributed by atoms with van der Waals surface area (Å²) in [6, 6.07) is 11.4. The molecule has 1 fully saturated rings. The largest absolute Gasteiger partial charge is 0.401 e. The standard InChI is InChI=1S/C21H22F3N5/c1-20(2)13-28(14-21(22,23)24)11-12-29(20)19-16-5-3-4-6-17(16)26-18(27-19)15-7-9-25-10-8-15/h3-10H,11-14H2,1-2H3. The van der Waals surface area contributed by atoms with Crippen LogP contribution in [0, 0.1) is 0 Å². The van der Waals surface area contributed by atoms with Crippen molar-refractivity contribution in [2.45, 2.75) is 25.6 Å². The van der Waals surface area contributed by atoms with Gasteiger partial charge in [-0.3, -0.25) is 9.88 Å². The first-order valence-corrected chi connectivity index (χ1v) is 9.47. The van der Waals surface area contributed by atoms with Gasteiger partial charge < -0.3 is 4.90 Å². The van der Waals surface area contributed by atoms with Gasteiger partial charge in [-0.2, -0.15) is 13.2 Å². The van der Waals surface area contributed by atoms with E-state index >= 15 is 0 Å². The molecule has 2 aromatic heterocycles. The maximum atomic E-state index is 12.9. The number of hydrogen-bond acceptors (Lipinski definition) is 5. The Labute approximate surface area is 167 Å². The summed E-state index contributed by atoms with van der Waals surface area (Å²) in [4.78, 5) is 17.1. The minimum Gasteiger partial charge on any atom is -0.348 e. The molecule has 1 aliphatic rings. The molecule has 0 radical (unpaired) electrons. The van der Waals surface area contributed by atoms with Crippen molar-refractivity contribution in [3.63, 3.8) is 0 Å². The number of aromatic nitrogens is 3. The van der Waals surface area contributed by atoms with Gasteiger partial charge in [0.2, 0.25) is 0 Å². The molecule has 0 spiro atoms. The summed E-state index contributed by atoms with van der Waals surface area (Å²) in [5.41, 5.74) is 1.13. The van der Waals surface area contributed by atoms with Crippen molar-refractivity contribution in [2.24, 2.45) is 0 Å². The summed E-state index contributed by atoms with van der Waals surface area (Å²) in [6.45, 7) is 4.11. The summed E-state index contributed by atoms with van der Waals surface area (Å²) in [5.74, 6) is 1.33. The molecule has 1 saturated heterocycles. The predicted molar refractivity (Wildman–Crippen MR) is 107 cm³/mol. The molecule has 8 heteroatoms. The molecular formula is C21H22F3N5. The molecule has 0 saturated carbocycles. The van der Waals surface area contributed by atoms with Crippen molar-refractivity contribution < 1.29 is 13.2 Å². The zero-order chi connectivity index (χ0) is 20.6. The zero-order valence-corrected chi connectivity index (χ0v) is 16.3. The Balaban J connectivity index is 1.75. The molecule has 0 bridgehead atoms. The van der Waals surface area contributed by atoms with E-state index in [1.54, 1.807) is 12.4 Å². The smallest absolute Gasteiger partial charge is 0.348 e. The number of alkyl halides is 3. The molecule has 29 heavy (non-hydrogen) atoms. The quantitative estimate of drug-likeness (QED) is 0.660. The van der Waals surface area contributed by atoms with Crippen molar-refractivity contribution in [1.82, 2.24) is 19.9 Å². The number of pyridine rings is 1. The van der Waals surface area contributed by atoms with Crippen LogP contribution in [0.15, 0.2) is 48.8 Å². The molecular weight excluding hydrogens is 379 g/mol. The van der Waals surface area contributed by atoms with Crippen LogP contribution in [0.4, 0.5) is 19.0 Å². The van der Waals surface area contributed by atoms with Gasteiger partial charge in [0, 0.05) is 48.5 Å². The summed E-state index contributed by atoms with van der Waals surface area (Å²) >= 11 is 0. The lowest BCUT2D eigenvalue weighted by Crippen LogP contribution is -2.61. The molecule has 3 heterocycles. The number of halogens is 3. The number of piperazine rings is 1. The number of benzene rings is 1. The lowest BCUT2D eigenvalue weighted by atomic mass is 9.98. The Kier molecular flexibility index (Phi) is 4.90. The fourth-order valence-corrected chi connectivity index (χ4v) is 3.93. The molecule has 5 nitrogen and oxygen atoms in total. The van der Waals surface area contributed by atoms with Crippen LogP contribution >= 0.6 is 0 Å². The van der Waals surface area contributed by atoms with Crippen LogP contribution in [0.2, 0.25) is 0 Å². The molecule has 152 valence electrons. The fraction of sp³-hybridized carbons (Fsp3) is 0.381. The van der Waals surface area contributed by atoms with E-state index in [2.05, 4.69) is 14.9 Å². The van der Waals surface area contributed by atoms with Crippen molar-refractivity contribution in [1.29, 1.82) is 0 Å². The molecule has 0 N–H and O–H groups in total. The van der Waals surface area contributed by atoms with Crippen LogP contribution in [-0.4, -0.2) is 57.7 Å². The van der Waals surface area contributed by atoms with Crippen LogP contribution in [0.5, 0.6) is 0 Å². The number of para-hydroxylation sites is 1. The molecule has 3 aromatic rings. The second-order valence-electron chi connectivity index (χ2n) is 7.91. The first-order valence-electron chi connectivity index (χ1n) is 9.47. The maximum Gasteiger partial charge on any atom is 0.401 e. The highest BCUT2D eigenvalue weighted by Gasteiger charge is 2.39. The highest BCUT2D eigenvalue weighted by molar-refractivity contribution is 5.91. The minimum absolute atomic E-state index is 0.301. The van der Waals surface area contributed by atoms with Gasteiger partial charge in [-0.25, -0.2) is 9.97 Å². The van der Waals surface area contributed by atoms with E-state index in [0.717, 1.165) is 22.3 Å². The van der Waals surface area contributed by atoms with E-state index in [4.69, 9.17) is 4.98 Å². The van der Waals surface area contributed by atoms with Crippen molar-refractivity contribution in [2.75, 3.05) is 31.1 Å². The van der Waals surface area contributed by atoms with Crippen LogP contribution in [-0.2, 0) is 0 Å². The summed E-state index contributed by atoms with van der Waals surface area (Å²) in [6.07, 6.45) is -0.824. The zero-order valence-electron chi connectivity index (χ0n) is 16.3. The molecule has 1 aromatic carbocycles. The van der Waals surface area contributed by atoms with E-state index in [1.807, 2.05) is 50.2 Å². The van der Waals surface area contributed by atoms with Crippen LogP contribution in [0.25, 0.3) is 22.3 Å². The van der Waals surface area contributed by atoms with Gasteiger partial charge >= 0.3 is 6.18 Å². The Morgan fingerprint density at radius 3 is 2.41 bits per heavy atom. The van der Waals surface area contributed by atoms with Gasteiger partial charge in [-0.05, 0) is 38.1 Å². The average Bonchev–Trinajstić information content (AvgIpc) is 2.66. The summed E-state index contributed by atoms with van der Waals surface area (Å²) in [7, 11) is 0. The molecule has 0 unspecified atom stereocenters. The van der Waals surface area contributed by atoms with E-state index < -0.39 is 18.3 Å². The van der Waals surface area contributed by atoms with Crippen LogP contribution < -0.4 is 4.90 Å². The maximum absolute atomic E-state index is 12.9. The highest BCUT2D eigenvalue weighted by Crippen LogP contribution is 2.34. The lowest BCUT2D eigenvalue weighted by molar-refractivity contribution is -0.148. The van der Waals surface area contributed by atoms with Crippen molar-refractivity contribution in [3.05, 3.63) is 48.8 Å². The molecule has 0 aliphatic carbocycles. The highest BCUT2D eigenvalue weighted by atomic mass is 19.4. The van der Waals surface area contributed by atoms with Gasteiger partial charge in [-0.15, -0.1) is 0 Å². The molecule has 0 atom stereocenters. The summed E-state index contributed by atoms with van der Waals surface area (Å²) in [5, 5.41) is 0.891. The monoisotopic (exact) mass is 401 g/mol. The van der Waals surface area contributed by atoms with Crippen molar-refractivity contribution >= 4 is 16.7 Å². The normalized spacial score (nSPS) is 17.6. The number of rotatable bonds is 3. The number of nitrogens with zero attached hydrogens (tertiary/aromatic N) is 5. The molecule has 4 rings (SSSR count). The van der Waals surface area contributed by atoms with E-state index in [0.29, 0.717) is 25.5 Å². The number of fused-ring (bicyclic) bond motifs is 1. The lowest BCUT2D eigenvalue weighted by Gasteiger charge is -2.48. The van der Waals surface area contributed by atoms with Gasteiger partial charge in [0.05, 0.1) is 12.1 Å². The van der Waals surface area contributed by atoms with Gasteiger partial charge in [0.1, 0.15) is 5.82 Å². The van der Waals surface area contributed by atoms with E-state index in [9.17, 15) is 13.2 Å². The van der Waals surface area contributed by atoms with E-state index in [1.165, 1.54) is 4.90 Å². The topological polar surface area (TPSA) is 45.2 Å². The summed E-state index contributed by atoms with van der Waals surface area (Å²) < 4.78 is 38.6. The first kappa shape index (κ1) is 19.6. The fourth-order valence-electron chi connectivity index (χ4n) is 3.93. The predicted octanol–water partition coefficient (Wildman–Crippen LogP) is 4.15. The molecule has 1 aliphatic heterocycles. The third-order valence-corrected chi connectivity index (χ3v) is 5.16. The Hall–Kier alpha value is -2.74. The second kappa shape index (κ2) is 7.26. The van der Waals surface area contributed by atoms with Crippen LogP contribution in [0.3, 0.4) is 0 Å². The van der Waals surface area contributed by atoms with E-state index in [-0.39, 0.29) is 0 Å². The van der Waals surface area contributed by atoms with Gasteiger partial charge in [-0.1, -0.05) is 12.1 Å². The Morgan fingerprint density at radius 2 is 1.72 bits per heavy atom. The Morgan fingerprint density at radius 1 is 1.00 bits per heavy atom. The SMILES string of the molecule is CC1(C)CN(CC(F)(F)F)CCN1c1nc(-c2ccncc2)nc2ccccc12. The van der Waals surface area contributed by atoms with Gasteiger partial charge in [0.15, 0.2) is 5.82 Å². The van der Waals surface area contributed by atoms with Crippen molar-refractivity contribution in [3.8, 4) is 11.4 Å². The number of hydrogen-bond donors (Lipinski definition) is 0. The average molecular weight is 401 g/mol. The van der Waals surface area contributed by atoms with Crippen LogP contribution in [0.1, 0.15) is 13.8 Å². The minimum atomic E-state index is -4.20. The third kappa shape index (κ3) is 4.17. The number of anilines is 1. The van der Waals surface area contributed by atoms with Gasteiger partial charge in [0.25, 0.3) is 0 Å². The second-order valence-corrected chi connectivity index (χ2v) is 7.91. The Bertz CT molecular complexity index is 1000. The molecule has 0 amide bonds.